The number of hydrogen-bond donors (Lipinski definition) is 2. The number of amides is 1. The van der Waals surface area contributed by atoms with Crippen molar-refractivity contribution in [2.75, 3.05) is 42.3 Å². The molecular weight excluding hydrogens is 280 g/mol. The van der Waals surface area contributed by atoms with Gasteiger partial charge in [-0.2, -0.15) is 0 Å². The van der Waals surface area contributed by atoms with Crippen LogP contribution in [-0.2, 0) is 4.74 Å². The number of pyridine rings is 1. The number of nitrogens with two attached hydrogens (primary N) is 1. The fraction of sp³-hybridized carbons (Fsp3) is 0.250. The third kappa shape index (κ3) is 3.17. The molecule has 0 aliphatic carbocycles. The van der Waals surface area contributed by atoms with Gasteiger partial charge in [0.25, 0.3) is 5.91 Å². The van der Waals surface area contributed by atoms with Gasteiger partial charge in [-0.3, -0.25) is 4.79 Å². The maximum absolute atomic E-state index is 12.3. The third-order valence-electron chi connectivity index (χ3n) is 3.52. The summed E-state index contributed by atoms with van der Waals surface area (Å²) in [6.07, 6.45) is 1.47. The van der Waals surface area contributed by atoms with Gasteiger partial charge in [-0.15, -0.1) is 0 Å². The number of carbonyl (C=O) groups excluding carboxylic acids is 1. The Morgan fingerprint density at radius 2 is 1.95 bits per heavy atom. The molecular formula is C16H18N4O2. The topological polar surface area (TPSA) is 80.5 Å². The van der Waals surface area contributed by atoms with Crippen LogP contribution in [0.1, 0.15) is 10.5 Å². The number of nitrogens with zero attached hydrogens (tertiary/aromatic N) is 2. The highest BCUT2D eigenvalue weighted by Gasteiger charge is 2.16. The molecule has 0 radical (unpaired) electrons. The molecule has 1 amide bonds. The minimum atomic E-state index is -0.249. The summed E-state index contributed by atoms with van der Waals surface area (Å²) in [5, 5.41) is 2.92. The summed E-state index contributed by atoms with van der Waals surface area (Å²) in [6, 6.07) is 11.0. The first-order valence-corrected chi connectivity index (χ1v) is 7.18. The standard InChI is InChI=1S/C16H18N4O2/c17-12-5-6-14(18-11-12)16(21)19-13-3-1-2-4-15(13)20-7-9-22-10-8-20/h1-6,11H,7-10,17H2,(H,19,21). The molecule has 1 aliphatic heterocycles. The molecule has 22 heavy (non-hydrogen) atoms. The van der Waals surface area contributed by atoms with E-state index in [2.05, 4.69) is 15.2 Å². The lowest BCUT2D eigenvalue weighted by atomic mass is 10.2. The number of anilines is 3. The van der Waals surface area contributed by atoms with Crippen LogP contribution in [0.2, 0.25) is 0 Å². The van der Waals surface area contributed by atoms with Gasteiger partial charge in [0.2, 0.25) is 0 Å². The molecule has 1 saturated heterocycles. The van der Waals surface area contributed by atoms with Crippen molar-refractivity contribution >= 4 is 23.0 Å². The number of ether oxygens (including phenoxy) is 1. The normalized spacial score (nSPS) is 14.6. The Morgan fingerprint density at radius 1 is 1.18 bits per heavy atom. The van der Waals surface area contributed by atoms with Gasteiger partial charge in [-0.05, 0) is 24.3 Å². The first-order chi connectivity index (χ1) is 10.7. The van der Waals surface area contributed by atoms with E-state index in [4.69, 9.17) is 10.5 Å². The van der Waals surface area contributed by atoms with Gasteiger partial charge in [0.1, 0.15) is 5.69 Å². The van der Waals surface area contributed by atoms with Crippen molar-refractivity contribution in [3.05, 3.63) is 48.3 Å². The van der Waals surface area contributed by atoms with Crippen molar-refractivity contribution in [1.82, 2.24) is 4.98 Å². The molecule has 114 valence electrons. The number of hydrogen-bond acceptors (Lipinski definition) is 5. The zero-order valence-corrected chi connectivity index (χ0v) is 12.2. The van der Waals surface area contributed by atoms with Gasteiger partial charge in [0.15, 0.2) is 0 Å². The van der Waals surface area contributed by atoms with Crippen molar-refractivity contribution in [3.63, 3.8) is 0 Å². The molecule has 1 aromatic carbocycles. The number of nitrogens with one attached hydrogen (secondary N) is 1. The first-order valence-electron chi connectivity index (χ1n) is 7.18. The maximum Gasteiger partial charge on any atom is 0.274 e. The van der Waals surface area contributed by atoms with Gasteiger partial charge in [0, 0.05) is 13.1 Å². The van der Waals surface area contributed by atoms with E-state index < -0.39 is 0 Å². The highest BCUT2D eigenvalue weighted by atomic mass is 16.5. The molecule has 2 heterocycles. The van der Waals surface area contributed by atoms with Crippen molar-refractivity contribution < 1.29 is 9.53 Å². The second-order valence-electron chi connectivity index (χ2n) is 5.05. The Hall–Kier alpha value is -2.60. The lowest BCUT2D eigenvalue weighted by Crippen LogP contribution is -2.36. The summed E-state index contributed by atoms with van der Waals surface area (Å²) in [4.78, 5) is 18.6. The SMILES string of the molecule is Nc1ccc(C(=O)Nc2ccccc2N2CCOCC2)nc1. The van der Waals surface area contributed by atoms with Crippen LogP contribution in [0, 0.1) is 0 Å². The van der Waals surface area contributed by atoms with E-state index in [1.54, 1.807) is 12.1 Å². The summed E-state index contributed by atoms with van der Waals surface area (Å²) in [6.45, 7) is 3.02. The van der Waals surface area contributed by atoms with Gasteiger partial charge < -0.3 is 20.7 Å². The molecule has 1 fully saturated rings. The fourth-order valence-electron chi connectivity index (χ4n) is 2.39. The van der Waals surface area contributed by atoms with E-state index in [9.17, 15) is 4.79 Å². The average molecular weight is 298 g/mol. The number of aromatic nitrogens is 1. The van der Waals surface area contributed by atoms with Crippen LogP contribution in [0.3, 0.4) is 0 Å². The highest BCUT2D eigenvalue weighted by molar-refractivity contribution is 6.04. The van der Waals surface area contributed by atoms with Crippen LogP contribution in [0.15, 0.2) is 42.6 Å². The summed E-state index contributed by atoms with van der Waals surface area (Å²) >= 11 is 0. The van der Waals surface area contributed by atoms with E-state index in [0.29, 0.717) is 24.6 Å². The number of carbonyl (C=O) groups is 1. The Bertz CT molecular complexity index is 651. The summed E-state index contributed by atoms with van der Waals surface area (Å²) < 4.78 is 5.37. The van der Waals surface area contributed by atoms with Gasteiger partial charge >= 0.3 is 0 Å². The number of nitrogen functional groups attached to an aromatic ring is 1. The van der Waals surface area contributed by atoms with Gasteiger partial charge in [-0.25, -0.2) is 4.98 Å². The quantitative estimate of drug-likeness (QED) is 0.902. The third-order valence-corrected chi connectivity index (χ3v) is 3.52. The second-order valence-corrected chi connectivity index (χ2v) is 5.05. The first kappa shape index (κ1) is 14.3. The summed E-state index contributed by atoms with van der Waals surface area (Å²) in [5.41, 5.74) is 8.23. The number of morpholine rings is 1. The molecule has 3 N–H and O–H groups in total. The largest absolute Gasteiger partial charge is 0.397 e. The van der Waals surface area contributed by atoms with Crippen molar-refractivity contribution in [2.24, 2.45) is 0 Å². The zero-order valence-electron chi connectivity index (χ0n) is 12.2. The Balaban J connectivity index is 1.79. The highest BCUT2D eigenvalue weighted by Crippen LogP contribution is 2.26. The lowest BCUT2D eigenvalue weighted by molar-refractivity contribution is 0.102. The van der Waals surface area contributed by atoms with E-state index >= 15 is 0 Å². The predicted octanol–water partition coefficient (Wildman–Crippen LogP) is 1.75. The van der Waals surface area contributed by atoms with Crippen LogP contribution in [-0.4, -0.2) is 37.2 Å². The maximum atomic E-state index is 12.3. The molecule has 0 atom stereocenters. The van der Waals surface area contributed by atoms with Crippen molar-refractivity contribution in [1.29, 1.82) is 0 Å². The van der Waals surface area contributed by atoms with Gasteiger partial charge in [0.05, 0.1) is 36.5 Å². The van der Waals surface area contributed by atoms with Crippen LogP contribution < -0.4 is 16.0 Å². The van der Waals surface area contributed by atoms with E-state index in [-0.39, 0.29) is 5.91 Å². The molecule has 6 nitrogen and oxygen atoms in total. The number of rotatable bonds is 3. The van der Waals surface area contributed by atoms with Crippen LogP contribution >= 0.6 is 0 Å². The molecule has 0 bridgehead atoms. The minimum absolute atomic E-state index is 0.249. The smallest absolute Gasteiger partial charge is 0.274 e. The lowest BCUT2D eigenvalue weighted by Gasteiger charge is -2.30. The molecule has 3 rings (SSSR count). The monoisotopic (exact) mass is 298 g/mol. The predicted molar refractivity (Wildman–Crippen MR) is 86.1 cm³/mol. The number of para-hydroxylation sites is 2. The van der Waals surface area contributed by atoms with E-state index in [0.717, 1.165) is 24.5 Å². The van der Waals surface area contributed by atoms with Crippen molar-refractivity contribution in [2.45, 2.75) is 0 Å². The summed E-state index contributed by atoms with van der Waals surface area (Å²) in [7, 11) is 0. The molecule has 1 aromatic heterocycles. The molecule has 1 aliphatic rings. The Kier molecular flexibility index (Phi) is 4.20. The van der Waals surface area contributed by atoms with Crippen LogP contribution in [0.4, 0.5) is 17.1 Å². The van der Waals surface area contributed by atoms with E-state index in [1.165, 1.54) is 6.20 Å². The van der Waals surface area contributed by atoms with E-state index in [1.807, 2.05) is 24.3 Å². The molecule has 6 heteroatoms. The minimum Gasteiger partial charge on any atom is -0.397 e. The van der Waals surface area contributed by atoms with Gasteiger partial charge in [-0.1, -0.05) is 12.1 Å². The molecule has 0 saturated carbocycles. The molecule has 0 spiro atoms. The number of benzene rings is 1. The fourth-order valence-corrected chi connectivity index (χ4v) is 2.39. The Morgan fingerprint density at radius 3 is 2.68 bits per heavy atom. The summed E-state index contributed by atoms with van der Waals surface area (Å²) in [5.74, 6) is -0.249. The van der Waals surface area contributed by atoms with Crippen LogP contribution in [0.25, 0.3) is 0 Å². The Labute approximate surface area is 128 Å². The zero-order chi connectivity index (χ0) is 15.4. The second kappa shape index (κ2) is 6.44. The molecule has 2 aromatic rings. The van der Waals surface area contributed by atoms with Crippen LogP contribution in [0.5, 0.6) is 0 Å². The molecule has 0 unspecified atom stereocenters. The van der Waals surface area contributed by atoms with Crippen molar-refractivity contribution in [3.8, 4) is 0 Å². The average Bonchev–Trinajstić information content (AvgIpc) is 2.57.